The van der Waals surface area contributed by atoms with E-state index in [-0.39, 0.29) is 18.6 Å². The van der Waals surface area contributed by atoms with Crippen LogP contribution in [0.25, 0.3) is 0 Å². The summed E-state index contributed by atoms with van der Waals surface area (Å²) in [5.41, 5.74) is -0.211. The van der Waals surface area contributed by atoms with E-state index in [4.69, 9.17) is 4.74 Å². The van der Waals surface area contributed by atoms with E-state index in [9.17, 15) is 18.0 Å². The van der Waals surface area contributed by atoms with Crippen LogP contribution in [0.4, 0.5) is 13.2 Å². The van der Waals surface area contributed by atoms with Gasteiger partial charge in [-0.2, -0.15) is 13.2 Å². The molecular weight excluding hydrogens is 283 g/mol. The largest absolute Gasteiger partial charge is 0.416 e. The third-order valence-corrected chi connectivity index (χ3v) is 3.37. The highest BCUT2D eigenvalue weighted by atomic mass is 19.4. The maximum Gasteiger partial charge on any atom is 0.416 e. The fraction of sp³-hybridized carbons (Fsp3) is 0.400. The first-order valence-corrected chi connectivity index (χ1v) is 6.59. The Kier molecular flexibility index (Phi) is 4.67. The Labute approximate surface area is 121 Å². The SMILES string of the molecule is C=CC(=O)N1CC[C@H](OCc2cccc(C(F)(F)F)c2)C1. The van der Waals surface area contributed by atoms with E-state index in [0.717, 1.165) is 12.1 Å². The Morgan fingerprint density at radius 3 is 2.90 bits per heavy atom. The number of likely N-dealkylation sites (tertiary alicyclic amines) is 1. The van der Waals surface area contributed by atoms with Gasteiger partial charge in [0.2, 0.25) is 5.91 Å². The average Bonchev–Trinajstić information content (AvgIpc) is 2.92. The molecule has 1 fully saturated rings. The van der Waals surface area contributed by atoms with E-state index in [1.165, 1.54) is 12.1 Å². The van der Waals surface area contributed by atoms with Crippen LogP contribution < -0.4 is 0 Å². The van der Waals surface area contributed by atoms with Crippen LogP contribution in [0.15, 0.2) is 36.9 Å². The number of rotatable bonds is 4. The molecule has 1 heterocycles. The third-order valence-electron chi connectivity index (χ3n) is 3.37. The number of halogens is 3. The molecule has 0 aliphatic carbocycles. The van der Waals surface area contributed by atoms with Gasteiger partial charge in [-0.3, -0.25) is 4.79 Å². The van der Waals surface area contributed by atoms with Gasteiger partial charge in [-0.25, -0.2) is 0 Å². The molecule has 1 atom stereocenters. The molecule has 1 amide bonds. The maximum absolute atomic E-state index is 12.6. The summed E-state index contributed by atoms with van der Waals surface area (Å²) in [6.45, 7) is 4.55. The van der Waals surface area contributed by atoms with Crippen LogP contribution in [-0.2, 0) is 22.3 Å². The molecule has 0 bridgehead atoms. The molecule has 0 N–H and O–H groups in total. The fourth-order valence-electron chi connectivity index (χ4n) is 2.25. The molecule has 1 saturated heterocycles. The minimum Gasteiger partial charge on any atom is -0.372 e. The Morgan fingerprint density at radius 1 is 1.48 bits per heavy atom. The summed E-state index contributed by atoms with van der Waals surface area (Å²) in [4.78, 5) is 13.0. The number of carbonyl (C=O) groups excluding carboxylic acids is 1. The van der Waals surface area contributed by atoms with Crippen LogP contribution >= 0.6 is 0 Å². The van der Waals surface area contributed by atoms with Gasteiger partial charge in [0.05, 0.1) is 18.3 Å². The topological polar surface area (TPSA) is 29.5 Å². The summed E-state index contributed by atoms with van der Waals surface area (Å²) in [5.74, 6) is -0.153. The van der Waals surface area contributed by atoms with E-state index in [1.54, 1.807) is 11.0 Å². The second-order valence-corrected chi connectivity index (χ2v) is 4.91. The lowest BCUT2D eigenvalue weighted by atomic mass is 10.1. The molecule has 0 unspecified atom stereocenters. The molecule has 1 aromatic carbocycles. The van der Waals surface area contributed by atoms with Gasteiger partial charge in [-0.15, -0.1) is 0 Å². The van der Waals surface area contributed by atoms with Crippen LogP contribution in [0.5, 0.6) is 0 Å². The highest BCUT2D eigenvalue weighted by Crippen LogP contribution is 2.29. The van der Waals surface area contributed by atoms with Crippen molar-refractivity contribution in [1.82, 2.24) is 4.90 Å². The normalized spacial score (nSPS) is 18.8. The number of benzene rings is 1. The van der Waals surface area contributed by atoms with Crippen molar-refractivity contribution in [3.63, 3.8) is 0 Å². The smallest absolute Gasteiger partial charge is 0.372 e. The zero-order valence-electron chi connectivity index (χ0n) is 11.4. The monoisotopic (exact) mass is 299 g/mol. The van der Waals surface area contributed by atoms with Crippen molar-refractivity contribution in [2.75, 3.05) is 13.1 Å². The zero-order valence-corrected chi connectivity index (χ0v) is 11.4. The lowest BCUT2D eigenvalue weighted by Gasteiger charge is -2.15. The lowest BCUT2D eigenvalue weighted by Crippen LogP contribution is -2.28. The first kappa shape index (κ1) is 15.6. The minimum atomic E-state index is -4.35. The number of hydrogen-bond donors (Lipinski definition) is 0. The van der Waals surface area contributed by atoms with Crippen LogP contribution in [-0.4, -0.2) is 30.0 Å². The van der Waals surface area contributed by atoms with Gasteiger partial charge in [0.1, 0.15) is 0 Å². The summed E-state index contributed by atoms with van der Waals surface area (Å²) >= 11 is 0. The first-order valence-electron chi connectivity index (χ1n) is 6.59. The standard InChI is InChI=1S/C15H16F3NO2/c1-2-14(20)19-7-6-13(9-19)21-10-11-4-3-5-12(8-11)15(16,17)18/h2-5,8,13H,1,6-7,9-10H2/t13-/m0/s1. The van der Waals surface area contributed by atoms with Crippen molar-refractivity contribution in [3.8, 4) is 0 Å². The molecule has 0 spiro atoms. The van der Waals surface area contributed by atoms with Gasteiger partial charge >= 0.3 is 6.18 Å². The summed E-state index contributed by atoms with van der Waals surface area (Å²) in [6.07, 6.45) is -2.58. The molecule has 0 aromatic heterocycles. The van der Waals surface area contributed by atoms with Crippen LogP contribution in [0, 0.1) is 0 Å². The van der Waals surface area contributed by atoms with Gasteiger partial charge < -0.3 is 9.64 Å². The Hall–Kier alpha value is -1.82. The van der Waals surface area contributed by atoms with E-state index >= 15 is 0 Å². The Morgan fingerprint density at radius 2 is 2.24 bits per heavy atom. The van der Waals surface area contributed by atoms with E-state index in [2.05, 4.69) is 6.58 Å². The van der Waals surface area contributed by atoms with Crippen molar-refractivity contribution >= 4 is 5.91 Å². The maximum atomic E-state index is 12.6. The first-order chi connectivity index (χ1) is 9.90. The lowest BCUT2D eigenvalue weighted by molar-refractivity contribution is -0.137. The van der Waals surface area contributed by atoms with Gasteiger partial charge in [0.15, 0.2) is 0 Å². The van der Waals surface area contributed by atoms with Gasteiger partial charge in [-0.05, 0) is 30.2 Å². The molecule has 2 rings (SSSR count). The highest BCUT2D eigenvalue weighted by Gasteiger charge is 2.30. The molecule has 21 heavy (non-hydrogen) atoms. The van der Waals surface area contributed by atoms with Crippen molar-refractivity contribution < 1.29 is 22.7 Å². The zero-order chi connectivity index (χ0) is 15.5. The van der Waals surface area contributed by atoms with Crippen molar-refractivity contribution in [3.05, 3.63) is 48.0 Å². The molecule has 3 nitrogen and oxygen atoms in total. The quantitative estimate of drug-likeness (QED) is 0.800. The molecule has 1 aliphatic rings. The van der Waals surface area contributed by atoms with E-state index < -0.39 is 11.7 Å². The summed E-state index contributed by atoms with van der Waals surface area (Å²) in [6, 6.07) is 5.08. The molecule has 1 aromatic rings. The second-order valence-electron chi connectivity index (χ2n) is 4.91. The second kappa shape index (κ2) is 6.30. The van der Waals surface area contributed by atoms with Crippen molar-refractivity contribution in [1.29, 1.82) is 0 Å². The summed E-state index contributed by atoms with van der Waals surface area (Å²) in [5, 5.41) is 0. The molecule has 6 heteroatoms. The number of carbonyl (C=O) groups is 1. The number of ether oxygens (including phenoxy) is 1. The number of alkyl halides is 3. The summed E-state index contributed by atoms with van der Waals surface area (Å²) in [7, 11) is 0. The van der Waals surface area contributed by atoms with Crippen LogP contribution in [0.3, 0.4) is 0 Å². The van der Waals surface area contributed by atoms with Gasteiger partial charge in [0, 0.05) is 13.1 Å². The average molecular weight is 299 g/mol. The predicted molar refractivity (Wildman–Crippen MR) is 71.4 cm³/mol. The van der Waals surface area contributed by atoms with Crippen molar-refractivity contribution in [2.24, 2.45) is 0 Å². The number of nitrogens with zero attached hydrogens (tertiary/aromatic N) is 1. The fourth-order valence-corrected chi connectivity index (χ4v) is 2.25. The summed E-state index contributed by atoms with van der Waals surface area (Å²) < 4.78 is 43.4. The Bertz CT molecular complexity index is 528. The van der Waals surface area contributed by atoms with E-state index in [1.807, 2.05) is 0 Å². The van der Waals surface area contributed by atoms with Crippen LogP contribution in [0.2, 0.25) is 0 Å². The van der Waals surface area contributed by atoms with Crippen LogP contribution in [0.1, 0.15) is 17.5 Å². The number of hydrogen-bond acceptors (Lipinski definition) is 2. The van der Waals surface area contributed by atoms with Gasteiger partial charge in [0.25, 0.3) is 0 Å². The predicted octanol–water partition coefficient (Wildman–Crippen LogP) is 3.01. The van der Waals surface area contributed by atoms with Gasteiger partial charge in [-0.1, -0.05) is 18.7 Å². The molecule has 0 radical (unpaired) electrons. The number of amides is 1. The molecule has 0 saturated carbocycles. The highest BCUT2D eigenvalue weighted by molar-refractivity contribution is 5.87. The third kappa shape index (κ3) is 4.07. The molecular formula is C15H16F3NO2. The molecule has 114 valence electrons. The van der Waals surface area contributed by atoms with Crippen molar-refractivity contribution in [2.45, 2.75) is 25.3 Å². The minimum absolute atomic E-state index is 0.102. The Balaban J connectivity index is 1.90. The molecule has 1 aliphatic heterocycles. The van der Waals surface area contributed by atoms with E-state index in [0.29, 0.717) is 25.1 Å².